The van der Waals surface area contributed by atoms with E-state index in [2.05, 4.69) is 12.2 Å². The molecule has 0 heterocycles. The first-order chi connectivity index (χ1) is 7.09. The SMILES string of the molecule is CC(CCCC(C)C(=O)O)NCC1CC1. The maximum Gasteiger partial charge on any atom is 0.306 e. The van der Waals surface area contributed by atoms with Crippen molar-refractivity contribution in [3.63, 3.8) is 0 Å². The second kappa shape index (κ2) is 6.11. The molecule has 1 rings (SSSR count). The summed E-state index contributed by atoms with van der Waals surface area (Å²) < 4.78 is 0. The molecule has 0 spiro atoms. The molecule has 0 amide bonds. The molecule has 1 aliphatic rings. The standard InChI is InChI=1S/C12H23NO2/c1-9(12(14)15)4-3-5-10(2)13-8-11-6-7-11/h9-11,13H,3-8H2,1-2H3,(H,14,15). The van der Waals surface area contributed by atoms with E-state index in [0.29, 0.717) is 6.04 Å². The third-order valence-corrected chi connectivity index (χ3v) is 3.15. The molecule has 3 heteroatoms. The van der Waals surface area contributed by atoms with E-state index in [4.69, 9.17) is 5.11 Å². The number of nitrogens with one attached hydrogen (secondary N) is 1. The molecule has 1 aliphatic carbocycles. The number of carbonyl (C=O) groups is 1. The second-order valence-corrected chi connectivity index (χ2v) is 4.92. The number of carboxylic acids is 1. The largest absolute Gasteiger partial charge is 0.481 e. The fraction of sp³-hybridized carbons (Fsp3) is 0.917. The Hall–Kier alpha value is -0.570. The van der Waals surface area contributed by atoms with Crippen LogP contribution in [0.2, 0.25) is 0 Å². The van der Waals surface area contributed by atoms with E-state index in [1.165, 1.54) is 12.8 Å². The molecule has 88 valence electrons. The van der Waals surface area contributed by atoms with Gasteiger partial charge in [-0.2, -0.15) is 0 Å². The molecule has 0 bridgehead atoms. The Balaban J connectivity index is 1.95. The van der Waals surface area contributed by atoms with Gasteiger partial charge in [-0.05, 0) is 45.1 Å². The zero-order valence-electron chi connectivity index (χ0n) is 9.83. The van der Waals surface area contributed by atoms with Gasteiger partial charge in [0.1, 0.15) is 0 Å². The number of hydrogen-bond acceptors (Lipinski definition) is 2. The van der Waals surface area contributed by atoms with Gasteiger partial charge in [0.25, 0.3) is 0 Å². The molecule has 2 atom stereocenters. The van der Waals surface area contributed by atoms with Crippen LogP contribution >= 0.6 is 0 Å². The molecule has 1 fully saturated rings. The molecular formula is C12H23NO2. The Morgan fingerprint density at radius 2 is 2.07 bits per heavy atom. The Bertz CT molecular complexity index is 202. The van der Waals surface area contributed by atoms with Gasteiger partial charge in [0.15, 0.2) is 0 Å². The first-order valence-corrected chi connectivity index (χ1v) is 6.05. The van der Waals surface area contributed by atoms with Crippen LogP contribution in [0.3, 0.4) is 0 Å². The number of aliphatic carboxylic acids is 1. The molecule has 15 heavy (non-hydrogen) atoms. The first kappa shape index (κ1) is 12.5. The molecule has 3 nitrogen and oxygen atoms in total. The number of rotatable bonds is 8. The summed E-state index contributed by atoms with van der Waals surface area (Å²) in [7, 11) is 0. The van der Waals surface area contributed by atoms with Crippen LogP contribution in [0.1, 0.15) is 46.0 Å². The smallest absolute Gasteiger partial charge is 0.306 e. The van der Waals surface area contributed by atoms with Crippen molar-refractivity contribution in [2.24, 2.45) is 11.8 Å². The number of hydrogen-bond donors (Lipinski definition) is 2. The fourth-order valence-corrected chi connectivity index (χ4v) is 1.65. The molecule has 0 aromatic carbocycles. The number of carboxylic acid groups (broad SMARTS) is 1. The second-order valence-electron chi connectivity index (χ2n) is 4.92. The lowest BCUT2D eigenvalue weighted by Crippen LogP contribution is -2.28. The highest BCUT2D eigenvalue weighted by Gasteiger charge is 2.21. The molecule has 2 unspecified atom stereocenters. The predicted octanol–water partition coefficient (Wildman–Crippen LogP) is 2.27. The van der Waals surface area contributed by atoms with Crippen LogP contribution in [0.15, 0.2) is 0 Å². The minimum absolute atomic E-state index is 0.194. The molecule has 0 radical (unpaired) electrons. The summed E-state index contributed by atoms with van der Waals surface area (Å²) in [6.07, 6.45) is 5.66. The van der Waals surface area contributed by atoms with Crippen molar-refractivity contribution in [1.82, 2.24) is 5.32 Å². The van der Waals surface area contributed by atoms with Gasteiger partial charge in [0, 0.05) is 6.04 Å². The zero-order valence-corrected chi connectivity index (χ0v) is 9.83. The lowest BCUT2D eigenvalue weighted by atomic mass is 10.0. The fourth-order valence-electron chi connectivity index (χ4n) is 1.65. The van der Waals surface area contributed by atoms with Gasteiger partial charge in [-0.1, -0.05) is 13.3 Å². The Morgan fingerprint density at radius 1 is 1.40 bits per heavy atom. The topological polar surface area (TPSA) is 49.3 Å². The first-order valence-electron chi connectivity index (χ1n) is 6.05. The zero-order chi connectivity index (χ0) is 11.3. The molecule has 0 aliphatic heterocycles. The molecule has 1 saturated carbocycles. The average molecular weight is 213 g/mol. The average Bonchev–Trinajstić information content (AvgIpc) is 2.97. The van der Waals surface area contributed by atoms with Crippen molar-refractivity contribution in [2.45, 2.75) is 52.0 Å². The third kappa shape index (κ3) is 5.78. The molecule has 2 N–H and O–H groups in total. The van der Waals surface area contributed by atoms with Gasteiger partial charge in [0.2, 0.25) is 0 Å². The van der Waals surface area contributed by atoms with Gasteiger partial charge < -0.3 is 10.4 Å². The van der Waals surface area contributed by atoms with Gasteiger partial charge in [0.05, 0.1) is 5.92 Å². The Morgan fingerprint density at radius 3 is 2.60 bits per heavy atom. The van der Waals surface area contributed by atoms with E-state index in [0.717, 1.165) is 31.7 Å². The van der Waals surface area contributed by atoms with Crippen LogP contribution in [0, 0.1) is 11.8 Å². The summed E-state index contributed by atoms with van der Waals surface area (Å²) in [6.45, 7) is 5.12. The van der Waals surface area contributed by atoms with E-state index in [9.17, 15) is 4.79 Å². The van der Waals surface area contributed by atoms with Gasteiger partial charge >= 0.3 is 5.97 Å². The van der Waals surface area contributed by atoms with Crippen LogP contribution < -0.4 is 5.32 Å². The van der Waals surface area contributed by atoms with Gasteiger partial charge in [-0.3, -0.25) is 4.79 Å². The van der Waals surface area contributed by atoms with E-state index in [-0.39, 0.29) is 5.92 Å². The summed E-state index contributed by atoms with van der Waals surface area (Å²) >= 11 is 0. The minimum Gasteiger partial charge on any atom is -0.481 e. The van der Waals surface area contributed by atoms with E-state index in [1.54, 1.807) is 6.92 Å². The lowest BCUT2D eigenvalue weighted by molar-refractivity contribution is -0.141. The Kier molecular flexibility index (Phi) is 5.09. The summed E-state index contributed by atoms with van der Waals surface area (Å²) in [5.41, 5.74) is 0. The predicted molar refractivity (Wildman–Crippen MR) is 60.8 cm³/mol. The monoisotopic (exact) mass is 213 g/mol. The van der Waals surface area contributed by atoms with Crippen molar-refractivity contribution < 1.29 is 9.90 Å². The molecular weight excluding hydrogens is 190 g/mol. The van der Waals surface area contributed by atoms with Crippen molar-refractivity contribution in [3.05, 3.63) is 0 Å². The highest BCUT2D eigenvalue weighted by molar-refractivity contribution is 5.69. The molecule has 0 aromatic heterocycles. The quantitative estimate of drug-likeness (QED) is 0.650. The van der Waals surface area contributed by atoms with Crippen LogP contribution in [0.4, 0.5) is 0 Å². The third-order valence-electron chi connectivity index (χ3n) is 3.15. The lowest BCUT2D eigenvalue weighted by Gasteiger charge is -2.14. The van der Waals surface area contributed by atoms with E-state index < -0.39 is 5.97 Å². The van der Waals surface area contributed by atoms with Crippen LogP contribution in [-0.4, -0.2) is 23.7 Å². The normalized spacial score (nSPS) is 19.9. The maximum absolute atomic E-state index is 10.6. The van der Waals surface area contributed by atoms with Crippen LogP contribution in [0.5, 0.6) is 0 Å². The van der Waals surface area contributed by atoms with Gasteiger partial charge in [-0.25, -0.2) is 0 Å². The minimum atomic E-state index is -0.673. The van der Waals surface area contributed by atoms with E-state index in [1.807, 2.05) is 0 Å². The maximum atomic E-state index is 10.6. The Labute approximate surface area is 92.3 Å². The van der Waals surface area contributed by atoms with Crippen molar-refractivity contribution in [1.29, 1.82) is 0 Å². The van der Waals surface area contributed by atoms with Crippen molar-refractivity contribution in [3.8, 4) is 0 Å². The summed E-state index contributed by atoms with van der Waals surface area (Å²) in [4.78, 5) is 10.6. The van der Waals surface area contributed by atoms with Gasteiger partial charge in [-0.15, -0.1) is 0 Å². The van der Waals surface area contributed by atoms with Crippen LogP contribution in [-0.2, 0) is 4.79 Å². The van der Waals surface area contributed by atoms with Crippen molar-refractivity contribution in [2.75, 3.05) is 6.54 Å². The summed E-state index contributed by atoms with van der Waals surface area (Å²) in [5.74, 6) is 0.0552. The highest BCUT2D eigenvalue weighted by Crippen LogP contribution is 2.27. The molecule has 0 saturated heterocycles. The highest BCUT2D eigenvalue weighted by atomic mass is 16.4. The molecule has 0 aromatic rings. The summed E-state index contributed by atoms with van der Waals surface area (Å²) in [6, 6.07) is 0.534. The van der Waals surface area contributed by atoms with Crippen LogP contribution in [0.25, 0.3) is 0 Å². The van der Waals surface area contributed by atoms with Crippen molar-refractivity contribution >= 4 is 5.97 Å². The summed E-state index contributed by atoms with van der Waals surface area (Å²) in [5, 5.41) is 12.2. The van der Waals surface area contributed by atoms with E-state index >= 15 is 0 Å².